The van der Waals surface area contributed by atoms with Gasteiger partial charge in [0.1, 0.15) is 5.75 Å². The number of para-hydroxylation sites is 1. The Morgan fingerprint density at radius 2 is 2.16 bits per heavy atom. The molecule has 0 aliphatic carbocycles. The van der Waals surface area contributed by atoms with E-state index in [1.165, 1.54) is 0 Å². The predicted molar refractivity (Wildman–Crippen MR) is 73.9 cm³/mol. The molecule has 1 aromatic carbocycles. The molecule has 3 N–H and O–H groups in total. The van der Waals surface area contributed by atoms with Crippen LogP contribution >= 0.6 is 0 Å². The highest BCUT2D eigenvalue weighted by Crippen LogP contribution is 2.16. The second kappa shape index (κ2) is 8.50. The average molecular weight is 266 g/mol. The molecular weight excluding hydrogens is 244 g/mol. The number of carbonyl (C=O) groups excluding carboxylic acids is 1. The molecule has 0 aliphatic rings. The molecule has 5 nitrogen and oxygen atoms in total. The number of carbonyl (C=O) groups is 1. The average Bonchev–Trinajstić information content (AvgIpc) is 2.43. The Morgan fingerprint density at radius 3 is 2.84 bits per heavy atom. The summed E-state index contributed by atoms with van der Waals surface area (Å²) in [6, 6.07) is 7.40. The number of amides is 1. The highest BCUT2D eigenvalue weighted by molar-refractivity contribution is 5.77. The third kappa shape index (κ3) is 5.72. The number of nitrogens with two attached hydrogens (primary N) is 1. The van der Waals surface area contributed by atoms with Crippen molar-refractivity contribution < 1.29 is 14.3 Å². The van der Waals surface area contributed by atoms with E-state index in [1.54, 1.807) is 6.07 Å². The zero-order valence-electron chi connectivity index (χ0n) is 11.5. The molecule has 0 radical (unpaired) electrons. The predicted octanol–water partition coefficient (Wildman–Crippen LogP) is 1.07. The van der Waals surface area contributed by atoms with E-state index in [2.05, 4.69) is 5.32 Å². The summed E-state index contributed by atoms with van der Waals surface area (Å²) in [5.74, 6) is 0.483. The molecule has 1 aromatic rings. The highest BCUT2D eigenvalue weighted by atomic mass is 16.5. The van der Waals surface area contributed by atoms with Crippen molar-refractivity contribution in [3.05, 3.63) is 29.8 Å². The van der Waals surface area contributed by atoms with Crippen molar-refractivity contribution >= 4 is 5.91 Å². The first kappa shape index (κ1) is 15.5. The van der Waals surface area contributed by atoms with Crippen molar-refractivity contribution in [1.82, 2.24) is 5.32 Å². The Balaban J connectivity index is 2.37. The fourth-order valence-corrected chi connectivity index (χ4v) is 1.61. The molecule has 0 spiro atoms. The normalized spacial score (nSPS) is 11.9. The molecule has 0 aromatic heterocycles. The lowest BCUT2D eigenvalue weighted by atomic mass is 10.2. The zero-order chi connectivity index (χ0) is 14.1. The molecule has 1 atom stereocenters. The van der Waals surface area contributed by atoms with Gasteiger partial charge in [0.15, 0.2) is 6.61 Å². The van der Waals surface area contributed by atoms with Gasteiger partial charge in [-0.3, -0.25) is 4.79 Å². The molecule has 1 rings (SSSR count). The Labute approximate surface area is 114 Å². The third-order valence-corrected chi connectivity index (χ3v) is 2.53. The van der Waals surface area contributed by atoms with E-state index in [4.69, 9.17) is 15.2 Å². The number of rotatable bonds is 8. The van der Waals surface area contributed by atoms with E-state index in [0.29, 0.717) is 25.5 Å². The molecular formula is C14H22N2O3. The van der Waals surface area contributed by atoms with Crippen LogP contribution < -0.4 is 15.8 Å². The first-order chi connectivity index (χ1) is 9.17. The summed E-state index contributed by atoms with van der Waals surface area (Å²) in [6.07, 6.45) is 0. The van der Waals surface area contributed by atoms with Crippen LogP contribution in [0.2, 0.25) is 0 Å². The van der Waals surface area contributed by atoms with Crippen LogP contribution in [0.1, 0.15) is 19.4 Å². The molecule has 0 heterocycles. The minimum Gasteiger partial charge on any atom is -0.483 e. The molecule has 5 heteroatoms. The van der Waals surface area contributed by atoms with Gasteiger partial charge in [0.05, 0.1) is 6.61 Å². The molecule has 19 heavy (non-hydrogen) atoms. The van der Waals surface area contributed by atoms with Gasteiger partial charge in [0, 0.05) is 24.8 Å². The van der Waals surface area contributed by atoms with Crippen LogP contribution in [0.4, 0.5) is 0 Å². The quantitative estimate of drug-likeness (QED) is 0.738. The Kier molecular flexibility index (Phi) is 6.92. The summed E-state index contributed by atoms with van der Waals surface area (Å²) in [5.41, 5.74) is 6.48. The third-order valence-electron chi connectivity index (χ3n) is 2.53. The van der Waals surface area contributed by atoms with Crippen LogP contribution in [0.3, 0.4) is 0 Å². The SMILES string of the molecule is CCOCC(C)NC(=O)COc1ccccc1CN. The van der Waals surface area contributed by atoms with Crippen molar-refractivity contribution in [1.29, 1.82) is 0 Å². The van der Waals surface area contributed by atoms with E-state index in [9.17, 15) is 4.79 Å². The molecule has 0 bridgehead atoms. The van der Waals surface area contributed by atoms with Gasteiger partial charge >= 0.3 is 0 Å². The van der Waals surface area contributed by atoms with E-state index < -0.39 is 0 Å². The maximum atomic E-state index is 11.7. The smallest absolute Gasteiger partial charge is 0.258 e. The molecule has 106 valence electrons. The van der Waals surface area contributed by atoms with Gasteiger partial charge in [0.2, 0.25) is 0 Å². The number of hydrogen-bond acceptors (Lipinski definition) is 4. The largest absolute Gasteiger partial charge is 0.483 e. The molecule has 1 unspecified atom stereocenters. The van der Waals surface area contributed by atoms with Crippen LogP contribution in [0.25, 0.3) is 0 Å². The summed E-state index contributed by atoms with van der Waals surface area (Å²) in [7, 11) is 0. The maximum absolute atomic E-state index is 11.7. The van der Waals surface area contributed by atoms with Crippen LogP contribution in [0.5, 0.6) is 5.75 Å². The molecule has 1 amide bonds. The minimum atomic E-state index is -0.168. The Bertz CT molecular complexity index is 396. The minimum absolute atomic E-state index is 0.0204. The van der Waals surface area contributed by atoms with E-state index in [1.807, 2.05) is 32.0 Å². The van der Waals surface area contributed by atoms with Crippen molar-refractivity contribution in [2.75, 3.05) is 19.8 Å². The second-order valence-corrected chi connectivity index (χ2v) is 4.23. The van der Waals surface area contributed by atoms with Gasteiger partial charge in [-0.1, -0.05) is 18.2 Å². The monoisotopic (exact) mass is 266 g/mol. The lowest BCUT2D eigenvalue weighted by Gasteiger charge is -2.14. The first-order valence-electron chi connectivity index (χ1n) is 6.45. The van der Waals surface area contributed by atoms with E-state index >= 15 is 0 Å². The van der Waals surface area contributed by atoms with E-state index in [0.717, 1.165) is 5.56 Å². The number of ether oxygens (including phenoxy) is 2. The second-order valence-electron chi connectivity index (χ2n) is 4.23. The molecule has 0 aliphatic heterocycles. The van der Waals surface area contributed by atoms with Gasteiger partial charge in [-0.05, 0) is 19.9 Å². The van der Waals surface area contributed by atoms with Gasteiger partial charge in [-0.25, -0.2) is 0 Å². The number of nitrogens with one attached hydrogen (secondary N) is 1. The Morgan fingerprint density at radius 1 is 1.42 bits per heavy atom. The Hall–Kier alpha value is -1.59. The number of hydrogen-bond donors (Lipinski definition) is 2. The summed E-state index contributed by atoms with van der Waals surface area (Å²) < 4.78 is 10.7. The van der Waals surface area contributed by atoms with Gasteiger partial charge < -0.3 is 20.5 Å². The lowest BCUT2D eigenvalue weighted by Crippen LogP contribution is -2.38. The van der Waals surface area contributed by atoms with Crippen molar-refractivity contribution in [3.8, 4) is 5.75 Å². The standard InChI is InChI=1S/C14H22N2O3/c1-3-18-9-11(2)16-14(17)10-19-13-7-5-4-6-12(13)8-15/h4-7,11H,3,8-10,15H2,1-2H3,(H,16,17). The first-order valence-corrected chi connectivity index (χ1v) is 6.45. The summed E-state index contributed by atoms with van der Waals surface area (Å²) in [4.78, 5) is 11.7. The molecule has 0 saturated carbocycles. The van der Waals surface area contributed by atoms with Gasteiger partial charge in [-0.2, -0.15) is 0 Å². The zero-order valence-corrected chi connectivity index (χ0v) is 11.5. The van der Waals surface area contributed by atoms with Crippen molar-refractivity contribution in [2.45, 2.75) is 26.4 Å². The number of benzene rings is 1. The molecule has 0 saturated heterocycles. The van der Waals surface area contributed by atoms with Crippen LogP contribution in [0.15, 0.2) is 24.3 Å². The molecule has 0 fully saturated rings. The highest BCUT2D eigenvalue weighted by Gasteiger charge is 2.09. The van der Waals surface area contributed by atoms with Gasteiger partial charge in [0.25, 0.3) is 5.91 Å². The van der Waals surface area contributed by atoms with Crippen LogP contribution in [0, 0.1) is 0 Å². The topological polar surface area (TPSA) is 73.6 Å². The van der Waals surface area contributed by atoms with E-state index in [-0.39, 0.29) is 18.6 Å². The van der Waals surface area contributed by atoms with Crippen molar-refractivity contribution in [3.63, 3.8) is 0 Å². The fourth-order valence-electron chi connectivity index (χ4n) is 1.61. The van der Waals surface area contributed by atoms with Crippen molar-refractivity contribution in [2.24, 2.45) is 5.73 Å². The summed E-state index contributed by atoms with van der Waals surface area (Å²) >= 11 is 0. The fraction of sp³-hybridized carbons (Fsp3) is 0.500. The van der Waals surface area contributed by atoms with Crippen LogP contribution in [-0.4, -0.2) is 31.8 Å². The summed E-state index contributed by atoms with van der Waals surface area (Å²) in [5, 5.41) is 2.80. The van der Waals surface area contributed by atoms with Crippen LogP contribution in [-0.2, 0) is 16.1 Å². The van der Waals surface area contributed by atoms with Gasteiger partial charge in [-0.15, -0.1) is 0 Å². The summed E-state index contributed by atoms with van der Waals surface area (Å²) in [6.45, 7) is 5.32. The maximum Gasteiger partial charge on any atom is 0.258 e. The lowest BCUT2D eigenvalue weighted by molar-refractivity contribution is -0.124.